The first kappa shape index (κ1) is 13.1. The second kappa shape index (κ2) is 6.56. The number of nitrogens with one attached hydrogen (secondary N) is 1. The third kappa shape index (κ3) is 3.87. The summed E-state index contributed by atoms with van der Waals surface area (Å²) in [6.07, 6.45) is 0. The van der Waals surface area contributed by atoms with Gasteiger partial charge in [-0.15, -0.1) is 0 Å². The molecule has 0 heterocycles. The largest absolute Gasteiger partial charge is 0.489 e. The van der Waals surface area contributed by atoms with E-state index in [0.29, 0.717) is 12.6 Å². The highest BCUT2D eigenvalue weighted by molar-refractivity contribution is 6.25. The summed E-state index contributed by atoms with van der Waals surface area (Å²) in [6.45, 7) is 4.58. The van der Waals surface area contributed by atoms with Crippen molar-refractivity contribution in [3.8, 4) is 5.75 Å². The molecule has 1 rings (SSSR count). The van der Waals surface area contributed by atoms with Crippen LogP contribution in [0.4, 0.5) is 0 Å². The molecule has 0 bridgehead atoms. The molecule has 0 aliphatic carbocycles. The van der Waals surface area contributed by atoms with Crippen molar-refractivity contribution < 1.29 is 4.74 Å². The predicted molar refractivity (Wildman–Crippen MR) is 69.0 cm³/mol. The summed E-state index contributed by atoms with van der Waals surface area (Å²) in [7, 11) is 1.94. The van der Waals surface area contributed by atoms with Crippen molar-refractivity contribution in [2.45, 2.75) is 19.9 Å². The molecule has 1 aromatic carbocycles. The van der Waals surface area contributed by atoms with Crippen LogP contribution in [0, 0.1) is 0 Å². The molecule has 88 valence electrons. The standard InChI is InChI=1S/C13H18ClNO/c1-10(8-14)9-16-13-6-4-5-12(7-13)11(2)15-3/h4-8,11,15H,9H2,1-3H3/b10-8+. The van der Waals surface area contributed by atoms with Crippen molar-refractivity contribution in [1.82, 2.24) is 5.32 Å². The Bertz CT molecular complexity index is 363. The molecule has 0 saturated heterocycles. The molecule has 1 N–H and O–H groups in total. The van der Waals surface area contributed by atoms with E-state index in [1.165, 1.54) is 5.56 Å². The SMILES string of the molecule is CNC(C)c1cccc(OC/C(C)=C/Cl)c1. The van der Waals surface area contributed by atoms with Gasteiger partial charge in [-0.1, -0.05) is 23.7 Å². The van der Waals surface area contributed by atoms with Gasteiger partial charge in [0.25, 0.3) is 0 Å². The number of hydrogen-bond donors (Lipinski definition) is 1. The summed E-state index contributed by atoms with van der Waals surface area (Å²) in [5, 5.41) is 3.20. The summed E-state index contributed by atoms with van der Waals surface area (Å²) in [5.74, 6) is 0.873. The van der Waals surface area contributed by atoms with E-state index in [-0.39, 0.29) is 0 Å². The lowest BCUT2D eigenvalue weighted by molar-refractivity contribution is 0.351. The Kier molecular flexibility index (Phi) is 5.36. The van der Waals surface area contributed by atoms with Crippen LogP contribution < -0.4 is 10.1 Å². The van der Waals surface area contributed by atoms with Crippen LogP contribution in [0.2, 0.25) is 0 Å². The van der Waals surface area contributed by atoms with E-state index in [0.717, 1.165) is 11.3 Å². The van der Waals surface area contributed by atoms with Crippen molar-refractivity contribution >= 4 is 11.6 Å². The maximum atomic E-state index is 5.61. The van der Waals surface area contributed by atoms with Crippen LogP contribution >= 0.6 is 11.6 Å². The molecule has 0 aliphatic rings. The number of benzene rings is 1. The van der Waals surface area contributed by atoms with Gasteiger partial charge in [-0.25, -0.2) is 0 Å². The van der Waals surface area contributed by atoms with Crippen molar-refractivity contribution in [3.05, 3.63) is 40.9 Å². The summed E-state index contributed by atoms with van der Waals surface area (Å²) < 4.78 is 5.61. The molecule has 0 amide bonds. The first-order valence-corrected chi connectivity index (χ1v) is 5.77. The van der Waals surface area contributed by atoms with Crippen molar-refractivity contribution in [2.75, 3.05) is 13.7 Å². The summed E-state index contributed by atoms with van der Waals surface area (Å²) in [4.78, 5) is 0. The Morgan fingerprint density at radius 3 is 2.94 bits per heavy atom. The van der Waals surface area contributed by atoms with Gasteiger partial charge in [0.1, 0.15) is 12.4 Å². The van der Waals surface area contributed by atoms with Gasteiger partial charge in [-0.2, -0.15) is 0 Å². The average molecular weight is 240 g/mol. The van der Waals surface area contributed by atoms with E-state index in [2.05, 4.69) is 18.3 Å². The maximum absolute atomic E-state index is 5.61. The van der Waals surface area contributed by atoms with E-state index in [1.807, 2.05) is 32.2 Å². The van der Waals surface area contributed by atoms with E-state index in [4.69, 9.17) is 16.3 Å². The molecule has 0 fully saturated rings. The fraction of sp³-hybridized carbons (Fsp3) is 0.385. The summed E-state index contributed by atoms with van der Waals surface area (Å²) >= 11 is 5.57. The van der Waals surface area contributed by atoms with Crippen LogP contribution in [0.1, 0.15) is 25.5 Å². The topological polar surface area (TPSA) is 21.3 Å². The zero-order valence-corrected chi connectivity index (χ0v) is 10.7. The van der Waals surface area contributed by atoms with Crippen LogP contribution in [0.25, 0.3) is 0 Å². The molecule has 0 aromatic heterocycles. The van der Waals surface area contributed by atoms with Gasteiger partial charge < -0.3 is 10.1 Å². The van der Waals surface area contributed by atoms with Gasteiger partial charge in [0.05, 0.1) is 0 Å². The zero-order valence-electron chi connectivity index (χ0n) is 9.96. The van der Waals surface area contributed by atoms with Gasteiger partial charge in [-0.05, 0) is 44.2 Å². The number of ether oxygens (including phenoxy) is 1. The zero-order chi connectivity index (χ0) is 12.0. The molecule has 0 spiro atoms. The Morgan fingerprint density at radius 2 is 2.31 bits per heavy atom. The minimum atomic E-state index is 0.327. The molecule has 1 unspecified atom stereocenters. The Hall–Kier alpha value is -0.990. The van der Waals surface area contributed by atoms with Crippen molar-refractivity contribution in [1.29, 1.82) is 0 Å². The molecule has 0 saturated carbocycles. The highest BCUT2D eigenvalue weighted by atomic mass is 35.5. The Balaban J connectivity index is 2.67. The lowest BCUT2D eigenvalue weighted by atomic mass is 10.1. The molecule has 1 atom stereocenters. The van der Waals surface area contributed by atoms with Crippen LogP contribution in [-0.4, -0.2) is 13.7 Å². The number of halogens is 1. The van der Waals surface area contributed by atoms with E-state index >= 15 is 0 Å². The lowest BCUT2D eigenvalue weighted by Crippen LogP contribution is -2.12. The second-order valence-electron chi connectivity index (χ2n) is 3.83. The fourth-order valence-electron chi connectivity index (χ4n) is 1.27. The highest BCUT2D eigenvalue weighted by Crippen LogP contribution is 2.19. The number of rotatable bonds is 5. The van der Waals surface area contributed by atoms with Gasteiger partial charge in [-0.3, -0.25) is 0 Å². The lowest BCUT2D eigenvalue weighted by Gasteiger charge is -2.12. The number of hydrogen-bond acceptors (Lipinski definition) is 2. The van der Waals surface area contributed by atoms with Gasteiger partial charge in [0, 0.05) is 11.6 Å². The van der Waals surface area contributed by atoms with Crippen LogP contribution in [0.5, 0.6) is 5.75 Å². The molecule has 16 heavy (non-hydrogen) atoms. The van der Waals surface area contributed by atoms with Crippen molar-refractivity contribution in [2.24, 2.45) is 0 Å². The first-order chi connectivity index (χ1) is 7.67. The minimum absolute atomic E-state index is 0.327. The molecule has 0 radical (unpaired) electrons. The third-order valence-corrected chi connectivity index (χ3v) is 2.82. The predicted octanol–water partition coefficient (Wildman–Crippen LogP) is 3.49. The third-order valence-electron chi connectivity index (χ3n) is 2.44. The van der Waals surface area contributed by atoms with E-state index in [9.17, 15) is 0 Å². The molecular weight excluding hydrogens is 222 g/mol. The van der Waals surface area contributed by atoms with Crippen molar-refractivity contribution in [3.63, 3.8) is 0 Å². The summed E-state index contributed by atoms with van der Waals surface area (Å²) in [6, 6.07) is 8.40. The maximum Gasteiger partial charge on any atom is 0.120 e. The monoisotopic (exact) mass is 239 g/mol. The second-order valence-corrected chi connectivity index (χ2v) is 4.05. The smallest absolute Gasteiger partial charge is 0.120 e. The fourth-order valence-corrected chi connectivity index (χ4v) is 1.33. The Morgan fingerprint density at radius 1 is 1.56 bits per heavy atom. The quantitative estimate of drug-likeness (QED) is 0.850. The summed E-state index contributed by atoms with van der Waals surface area (Å²) in [5.41, 5.74) is 3.77. The molecule has 1 aromatic rings. The van der Waals surface area contributed by atoms with E-state index < -0.39 is 0 Å². The normalized spacial score (nSPS) is 13.6. The van der Waals surface area contributed by atoms with Crippen LogP contribution in [0.15, 0.2) is 35.4 Å². The minimum Gasteiger partial charge on any atom is -0.489 e. The molecule has 3 heteroatoms. The van der Waals surface area contributed by atoms with Gasteiger partial charge >= 0.3 is 0 Å². The van der Waals surface area contributed by atoms with Gasteiger partial charge in [0.15, 0.2) is 0 Å². The molecular formula is C13H18ClNO. The molecule has 2 nitrogen and oxygen atoms in total. The first-order valence-electron chi connectivity index (χ1n) is 5.33. The Labute approximate surface area is 102 Å². The molecule has 0 aliphatic heterocycles. The van der Waals surface area contributed by atoms with Gasteiger partial charge in [0.2, 0.25) is 0 Å². The highest BCUT2D eigenvalue weighted by Gasteiger charge is 2.03. The van der Waals surface area contributed by atoms with Crippen LogP contribution in [0.3, 0.4) is 0 Å². The van der Waals surface area contributed by atoms with Crippen LogP contribution in [-0.2, 0) is 0 Å². The average Bonchev–Trinajstić information content (AvgIpc) is 2.35. The van der Waals surface area contributed by atoms with E-state index in [1.54, 1.807) is 5.54 Å².